The Balaban J connectivity index is 1.54. The zero-order valence-electron chi connectivity index (χ0n) is 19.1. The SMILES string of the molecule is CC(C)CN(CC(C)C)C(=O)Cc1csc(SCC(=O)Nc2cccc3ccccc23)n1. The average molecular weight is 470 g/mol. The van der Waals surface area contributed by atoms with Gasteiger partial charge in [0.05, 0.1) is 17.9 Å². The van der Waals surface area contributed by atoms with Gasteiger partial charge in [0.1, 0.15) is 0 Å². The molecule has 0 aliphatic rings. The van der Waals surface area contributed by atoms with Gasteiger partial charge < -0.3 is 10.2 Å². The molecule has 0 saturated heterocycles. The summed E-state index contributed by atoms with van der Waals surface area (Å²) in [6.45, 7) is 10.0. The van der Waals surface area contributed by atoms with Crippen molar-refractivity contribution in [1.82, 2.24) is 9.88 Å². The minimum absolute atomic E-state index is 0.0702. The molecule has 32 heavy (non-hydrogen) atoms. The number of hydrogen-bond acceptors (Lipinski definition) is 5. The molecule has 0 saturated carbocycles. The predicted octanol–water partition coefficient (Wildman–Crippen LogP) is 5.71. The van der Waals surface area contributed by atoms with E-state index in [2.05, 4.69) is 38.0 Å². The van der Waals surface area contributed by atoms with Crippen molar-refractivity contribution in [2.45, 2.75) is 38.5 Å². The summed E-state index contributed by atoms with van der Waals surface area (Å²) < 4.78 is 0.806. The molecule has 7 heteroatoms. The standard InChI is InChI=1S/C25H31N3O2S2/c1-17(2)13-28(14-18(3)4)24(30)12-20-15-31-25(26-20)32-16-23(29)27-22-11-7-9-19-8-5-6-10-21(19)22/h5-11,15,17-18H,12-14,16H2,1-4H3,(H,27,29). The van der Waals surface area contributed by atoms with Crippen LogP contribution in [0.4, 0.5) is 5.69 Å². The Labute approximate surface area is 198 Å². The van der Waals surface area contributed by atoms with Crippen molar-refractivity contribution in [3.63, 3.8) is 0 Å². The van der Waals surface area contributed by atoms with E-state index in [0.717, 1.165) is 39.6 Å². The van der Waals surface area contributed by atoms with Crippen molar-refractivity contribution in [3.05, 3.63) is 53.5 Å². The number of nitrogens with one attached hydrogen (secondary N) is 1. The topological polar surface area (TPSA) is 62.3 Å². The first-order valence-corrected chi connectivity index (χ1v) is 12.8. The Morgan fingerprint density at radius 2 is 1.72 bits per heavy atom. The molecule has 3 aromatic rings. The molecule has 1 heterocycles. The van der Waals surface area contributed by atoms with E-state index in [9.17, 15) is 9.59 Å². The number of carbonyl (C=O) groups is 2. The zero-order chi connectivity index (χ0) is 23.1. The first kappa shape index (κ1) is 24.3. The Kier molecular flexibility index (Phi) is 8.70. The predicted molar refractivity (Wildman–Crippen MR) is 135 cm³/mol. The van der Waals surface area contributed by atoms with Gasteiger partial charge in [-0.3, -0.25) is 9.59 Å². The molecule has 0 radical (unpaired) electrons. The van der Waals surface area contributed by atoms with Crippen molar-refractivity contribution in [3.8, 4) is 0 Å². The molecule has 0 atom stereocenters. The van der Waals surface area contributed by atoms with Crippen LogP contribution in [0, 0.1) is 11.8 Å². The smallest absolute Gasteiger partial charge is 0.234 e. The number of nitrogens with zero attached hydrogens (tertiary/aromatic N) is 2. The van der Waals surface area contributed by atoms with Crippen molar-refractivity contribution >= 4 is 51.4 Å². The highest BCUT2D eigenvalue weighted by atomic mass is 32.2. The number of aromatic nitrogens is 1. The second-order valence-electron chi connectivity index (χ2n) is 8.73. The number of thiazole rings is 1. The number of fused-ring (bicyclic) bond motifs is 1. The highest BCUT2D eigenvalue weighted by molar-refractivity contribution is 8.01. The molecular weight excluding hydrogens is 438 g/mol. The molecule has 0 fully saturated rings. The molecule has 0 bridgehead atoms. The fourth-order valence-electron chi connectivity index (χ4n) is 3.51. The first-order valence-electron chi connectivity index (χ1n) is 10.9. The Hall–Kier alpha value is -2.38. The summed E-state index contributed by atoms with van der Waals surface area (Å²) in [6, 6.07) is 13.9. The summed E-state index contributed by atoms with van der Waals surface area (Å²) in [7, 11) is 0. The van der Waals surface area contributed by atoms with E-state index in [4.69, 9.17) is 0 Å². The highest BCUT2D eigenvalue weighted by Gasteiger charge is 2.18. The van der Waals surface area contributed by atoms with E-state index in [0.29, 0.717) is 18.3 Å². The van der Waals surface area contributed by atoms with Gasteiger partial charge in [-0.1, -0.05) is 75.9 Å². The fourth-order valence-corrected chi connectivity index (χ4v) is 5.15. The third kappa shape index (κ3) is 7.07. The summed E-state index contributed by atoms with van der Waals surface area (Å²) >= 11 is 2.88. The van der Waals surface area contributed by atoms with Gasteiger partial charge in [-0.05, 0) is 23.3 Å². The number of amides is 2. The molecular formula is C25H31N3O2S2. The number of benzene rings is 2. The van der Waals surface area contributed by atoms with E-state index >= 15 is 0 Å². The lowest BCUT2D eigenvalue weighted by Gasteiger charge is -2.26. The average Bonchev–Trinajstić information content (AvgIpc) is 3.19. The first-order chi connectivity index (χ1) is 15.3. The number of thioether (sulfide) groups is 1. The van der Waals surface area contributed by atoms with Crippen LogP contribution in [0.15, 0.2) is 52.2 Å². The normalized spacial score (nSPS) is 11.3. The number of rotatable bonds is 10. The molecule has 3 rings (SSSR count). The van der Waals surface area contributed by atoms with Crippen LogP contribution in [-0.4, -0.2) is 40.5 Å². The maximum absolute atomic E-state index is 12.8. The minimum Gasteiger partial charge on any atom is -0.342 e. The largest absolute Gasteiger partial charge is 0.342 e. The molecule has 0 spiro atoms. The van der Waals surface area contributed by atoms with Crippen LogP contribution < -0.4 is 5.32 Å². The van der Waals surface area contributed by atoms with Crippen LogP contribution in [0.2, 0.25) is 0 Å². The summed E-state index contributed by atoms with van der Waals surface area (Å²) in [5, 5.41) is 7.04. The second-order valence-corrected chi connectivity index (χ2v) is 10.8. The van der Waals surface area contributed by atoms with Crippen LogP contribution in [0.5, 0.6) is 0 Å². The molecule has 1 N–H and O–H groups in total. The van der Waals surface area contributed by atoms with Crippen molar-refractivity contribution in [2.24, 2.45) is 11.8 Å². The van der Waals surface area contributed by atoms with Gasteiger partial charge in [-0.15, -0.1) is 11.3 Å². The lowest BCUT2D eigenvalue weighted by molar-refractivity contribution is -0.131. The molecule has 5 nitrogen and oxygen atoms in total. The molecule has 2 aromatic carbocycles. The lowest BCUT2D eigenvalue weighted by atomic mass is 10.1. The summed E-state index contributed by atoms with van der Waals surface area (Å²) in [6.07, 6.45) is 0.304. The zero-order valence-corrected chi connectivity index (χ0v) is 20.8. The van der Waals surface area contributed by atoms with Crippen LogP contribution >= 0.6 is 23.1 Å². The van der Waals surface area contributed by atoms with E-state index in [1.54, 1.807) is 0 Å². The maximum Gasteiger partial charge on any atom is 0.234 e. The van der Waals surface area contributed by atoms with E-state index in [-0.39, 0.29) is 17.6 Å². The number of carbonyl (C=O) groups excluding carboxylic acids is 2. The quantitative estimate of drug-likeness (QED) is 0.386. The summed E-state index contributed by atoms with van der Waals surface area (Å²) in [5.41, 5.74) is 1.59. The van der Waals surface area contributed by atoms with Gasteiger partial charge >= 0.3 is 0 Å². The molecule has 1 aromatic heterocycles. The summed E-state index contributed by atoms with van der Waals surface area (Å²) in [4.78, 5) is 31.8. The monoisotopic (exact) mass is 469 g/mol. The molecule has 170 valence electrons. The van der Waals surface area contributed by atoms with E-state index in [1.165, 1.54) is 23.1 Å². The van der Waals surface area contributed by atoms with Crippen LogP contribution in [0.1, 0.15) is 33.4 Å². The molecule has 0 unspecified atom stereocenters. The number of anilines is 1. The van der Waals surface area contributed by atoms with Gasteiger partial charge in [0.2, 0.25) is 11.8 Å². The van der Waals surface area contributed by atoms with Crippen LogP contribution in [0.3, 0.4) is 0 Å². The van der Waals surface area contributed by atoms with Crippen molar-refractivity contribution in [2.75, 3.05) is 24.2 Å². The maximum atomic E-state index is 12.8. The second kappa shape index (κ2) is 11.5. The Morgan fingerprint density at radius 1 is 1.03 bits per heavy atom. The minimum atomic E-state index is -0.0702. The van der Waals surface area contributed by atoms with Gasteiger partial charge in [0.25, 0.3) is 0 Å². The lowest BCUT2D eigenvalue weighted by Crippen LogP contribution is -2.38. The third-order valence-corrected chi connectivity index (χ3v) is 6.85. The van der Waals surface area contributed by atoms with E-state index < -0.39 is 0 Å². The number of hydrogen-bond donors (Lipinski definition) is 1. The van der Waals surface area contributed by atoms with Crippen LogP contribution in [0.25, 0.3) is 10.8 Å². The fraction of sp³-hybridized carbons (Fsp3) is 0.400. The third-order valence-electron chi connectivity index (χ3n) is 4.78. The van der Waals surface area contributed by atoms with Gasteiger partial charge in [-0.25, -0.2) is 4.98 Å². The molecule has 2 amide bonds. The van der Waals surface area contributed by atoms with Gasteiger partial charge in [0, 0.05) is 29.5 Å². The van der Waals surface area contributed by atoms with Gasteiger partial charge in [-0.2, -0.15) is 0 Å². The summed E-state index contributed by atoms with van der Waals surface area (Å²) in [5.74, 6) is 1.18. The molecule has 0 aliphatic heterocycles. The van der Waals surface area contributed by atoms with Crippen molar-refractivity contribution < 1.29 is 9.59 Å². The Bertz CT molecular complexity index is 1050. The van der Waals surface area contributed by atoms with Crippen LogP contribution in [-0.2, 0) is 16.0 Å². The highest BCUT2D eigenvalue weighted by Crippen LogP contribution is 2.26. The van der Waals surface area contributed by atoms with E-state index in [1.807, 2.05) is 52.7 Å². The van der Waals surface area contributed by atoms with Crippen molar-refractivity contribution in [1.29, 1.82) is 0 Å². The molecule has 0 aliphatic carbocycles. The van der Waals surface area contributed by atoms with Gasteiger partial charge in [0.15, 0.2) is 4.34 Å². The Morgan fingerprint density at radius 3 is 2.44 bits per heavy atom.